The smallest absolute Gasteiger partial charge is 0.0797 e. The maximum Gasteiger partial charge on any atom is 0.0797 e. The van der Waals surface area contributed by atoms with Crippen LogP contribution in [0.2, 0.25) is 0 Å². The maximum absolute atomic E-state index is 6.11. The maximum atomic E-state index is 6.11. The first-order valence-corrected chi connectivity index (χ1v) is 8.02. The standard InChI is InChI=1S/C18H24N2O/c1-3-20-17(18(21-4-2)13-8-9-13)16-7-5-6-14-12-19-11-10-15(14)16/h5-7,10-13,17-18,20H,3-4,8-9H2,1-2H3. The molecular formula is C18H24N2O. The van der Waals surface area contributed by atoms with Crippen molar-refractivity contribution in [3.63, 3.8) is 0 Å². The third-order valence-electron chi connectivity index (χ3n) is 4.25. The van der Waals surface area contributed by atoms with Gasteiger partial charge in [-0.05, 0) is 49.2 Å². The van der Waals surface area contributed by atoms with E-state index in [4.69, 9.17) is 4.74 Å². The number of hydrogen-bond donors (Lipinski definition) is 1. The summed E-state index contributed by atoms with van der Waals surface area (Å²) in [6.45, 7) is 5.97. The molecule has 0 spiro atoms. The highest BCUT2D eigenvalue weighted by Gasteiger charge is 2.38. The van der Waals surface area contributed by atoms with E-state index in [2.05, 4.69) is 48.4 Å². The van der Waals surface area contributed by atoms with E-state index in [-0.39, 0.29) is 12.1 Å². The van der Waals surface area contributed by atoms with Crippen molar-refractivity contribution in [2.45, 2.75) is 38.8 Å². The van der Waals surface area contributed by atoms with E-state index in [0.29, 0.717) is 5.92 Å². The number of hydrogen-bond acceptors (Lipinski definition) is 3. The van der Waals surface area contributed by atoms with Crippen molar-refractivity contribution < 1.29 is 4.74 Å². The molecule has 0 amide bonds. The number of nitrogens with zero attached hydrogens (tertiary/aromatic N) is 1. The molecular weight excluding hydrogens is 260 g/mol. The first kappa shape index (κ1) is 14.5. The van der Waals surface area contributed by atoms with E-state index in [1.807, 2.05) is 12.4 Å². The van der Waals surface area contributed by atoms with Gasteiger partial charge in [-0.2, -0.15) is 0 Å². The summed E-state index contributed by atoms with van der Waals surface area (Å²) in [6, 6.07) is 8.85. The average Bonchev–Trinajstić information content (AvgIpc) is 3.35. The zero-order chi connectivity index (χ0) is 14.7. The Morgan fingerprint density at radius 1 is 1.29 bits per heavy atom. The molecule has 1 aromatic carbocycles. The van der Waals surface area contributed by atoms with Gasteiger partial charge in [0.25, 0.3) is 0 Å². The Labute approximate surface area is 126 Å². The number of aromatic nitrogens is 1. The summed E-state index contributed by atoms with van der Waals surface area (Å²) in [5.41, 5.74) is 1.34. The Morgan fingerprint density at radius 2 is 2.14 bits per heavy atom. The van der Waals surface area contributed by atoms with Crippen LogP contribution < -0.4 is 5.32 Å². The summed E-state index contributed by atoms with van der Waals surface area (Å²) < 4.78 is 6.11. The highest BCUT2D eigenvalue weighted by Crippen LogP contribution is 2.41. The Balaban J connectivity index is 2.01. The Hall–Kier alpha value is -1.45. The largest absolute Gasteiger partial charge is 0.376 e. The third-order valence-corrected chi connectivity index (χ3v) is 4.25. The first-order valence-electron chi connectivity index (χ1n) is 8.02. The van der Waals surface area contributed by atoms with E-state index in [0.717, 1.165) is 13.2 Å². The van der Waals surface area contributed by atoms with Crippen molar-refractivity contribution >= 4 is 10.8 Å². The van der Waals surface area contributed by atoms with Gasteiger partial charge in [-0.25, -0.2) is 0 Å². The summed E-state index contributed by atoms with van der Waals surface area (Å²) in [5.74, 6) is 0.700. The molecule has 112 valence electrons. The minimum Gasteiger partial charge on any atom is -0.376 e. The monoisotopic (exact) mass is 284 g/mol. The lowest BCUT2D eigenvalue weighted by Crippen LogP contribution is -2.35. The van der Waals surface area contributed by atoms with E-state index in [1.165, 1.54) is 29.2 Å². The normalized spacial score (nSPS) is 17.8. The second-order valence-electron chi connectivity index (χ2n) is 5.74. The number of rotatable bonds is 7. The lowest BCUT2D eigenvalue weighted by molar-refractivity contribution is 0.0193. The van der Waals surface area contributed by atoms with Gasteiger partial charge in [-0.15, -0.1) is 0 Å². The van der Waals surface area contributed by atoms with Gasteiger partial charge < -0.3 is 10.1 Å². The highest BCUT2D eigenvalue weighted by molar-refractivity contribution is 5.85. The lowest BCUT2D eigenvalue weighted by atomic mass is 9.93. The number of nitrogens with one attached hydrogen (secondary N) is 1. The second kappa shape index (κ2) is 6.54. The van der Waals surface area contributed by atoms with Gasteiger partial charge in [0.2, 0.25) is 0 Å². The summed E-state index contributed by atoms with van der Waals surface area (Å²) >= 11 is 0. The van der Waals surface area contributed by atoms with Crippen molar-refractivity contribution in [1.29, 1.82) is 0 Å². The predicted molar refractivity (Wildman–Crippen MR) is 86.3 cm³/mol. The van der Waals surface area contributed by atoms with E-state index >= 15 is 0 Å². The molecule has 2 unspecified atom stereocenters. The minimum absolute atomic E-state index is 0.258. The molecule has 2 atom stereocenters. The number of pyridine rings is 1. The fourth-order valence-electron chi connectivity index (χ4n) is 3.16. The number of benzene rings is 1. The molecule has 0 bridgehead atoms. The van der Waals surface area contributed by atoms with Gasteiger partial charge in [-0.3, -0.25) is 4.98 Å². The van der Waals surface area contributed by atoms with Crippen molar-refractivity contribution in [3.8, 4) is 0 Å². The molecule has 2 aromatic rings. The summed E-state index contributed by atoms with van der Waals surface area (Å²) in [7, 11) is 0. The van der Waals surface area contributed by atoms with Crippen LogP contribution in [0.25, 0.3) is 10.8 Å². The molecule has 1 aliphatic carbocycles. The van der Waals surface area contributed by atoms with Crippen LogP contribution in [0.1, 0.15) is 38.3 Å². The molecule has 3 heteroatoms. The van der Waals surface area contributed by atoms with Crippen molar-refractivity contribution in [1.82, 2.24) is 10.3 Å². The van der Waals surface area contributed by atoms with Gasteiger partial charge in [-0.1, -0.05) is 25.1 Å². The minimum atomic E-state index is 0.258. The van der Waals surface area contributed by atoms with Crippen LogP contribution in [-0.4, -0.2) is 24.2 Å². The van der Waals surface area contributed by atoms with Crippen LogP contribution in [0.15, 0.2) is 36.7 Å². The fourth-order valence-corrected chi connectivity index (χ4v) is 3.16. The second-order valence-corrected chi connectivity index (χ2v) is 5.74. The number of fused-ring (bicyclic) bond motifs is 1. The van der Waals surface area contributed by atoms with Crippen molar-refractivity contribution in [2.24, 2.45) is 5.92 Å². The molecule has 21 heavy (non-hydrogen) atoms. The van der Waals surface area contributed by atoms with Gasteiger partial charge in [0.05, 0.1) is 12.1 Å². The van der Waals surface area contributed by atoms with E-state index in [1.54, 1.807) is 0 Å². The zero-order valence-electron chi connectivity index (χ0n) is 12.9. The first-order chi connectivity index (χ1) is 10.3. The third kappa shape index (κ3) is 3.09. The van der Waals surface area contributed by atoms with Crippen LogP contribution in [0.5, 0.6) is 0 Å². The lowest BCUT2D eigenvalue weighted by Gasteiger charge is -2.29. The van der Waals surface area contributed by atoms with Crippen LogP contribution in [0.3, 0.4) is 0 Å². The molecule has 0 radical (unpaired) electrons. The summed E-state index contributed by atoms with van der Waals surface area (Å²) in [4.78, 5) is 4.24. The van der Waals surface area contributed by atoms with Crippen LogP contribution >= 0.6 is 0 Å². The van der Waals surface area contributed by atoms with Crippen LogP contribution in [0.4, 0.5) is 0 Å². The molecule has 0 saturated heterocycles. The van der Waals surface area contributed by atoms with E-state index < -0.39 is 0 Å². The average molecular weight is 284 g/mol. The zero-order valence-corrected chi connectivity index (χ0v) is 12.9. The number of likely N-dealkylation sites (N-methyl/N-ethyl adjacent to an activating group) is 1. The Kier molecular flexibility index (Phi) is 4.51. The van der Waals surface area contributed by atoms with E-state index in [9.17, 15) is 0 Å². The van der Waals surface area contributed by atoms with Crippen LogP contribution in [-0.2, 0) is 4.74 Å². The molecule has 1 heterocycles. The molecule has 1 fully saturated rings. The molecule has 3 nitrogen and oxygen atoms in total. The summed E-state index contributed by atoms with van der Waals surface area (Å²) in [5, 5.41) is 6.13. The highest BCUT2D eigenvalue weighted by atomic mass is 16.5. The Bertz CT molecular complexity index is 589. The molecule has 1 saturated carbocycles. The van der Waals surface area contributed by atoms with Crippen LogP contribution in [0, 0.1) is 5.92 Å². The molecule has 3 rings (SSSR count). The van der Waals surface area contributed by atoms with Gasteiger partial charge in [0.1, 0.15) is 0 Å². The topological polar surface area (TPSA) is 34.2 Å². The summed E-state index contributed by atoms with van der Waals surface area (Å²) in [6.07, 6.45) is 6.67. The number of ether oxygens (including phenoxy) is 1. The van der Waals surface area contributed by atoms with Gasteiger partial charge in [0.15, 0.2) is 0 Å². The predicted octanol–water partition coefficient (Wildman–Crippen LogP) is 3.70. The quantitative estimate of drug-likeness (QED) is 0.842. The SMILES string of the molecule is CCNC(c1cccc2cnccc12)C(OCC)C1CC1. The van der Waals surface area contributed by atoms with Crippen molar-refractivity contribution in [3.05, 3.63) is 42.2 Å². The van der Waals surface area contributed by atoms with Gasteiger partial charge >= 0.3 is 0 Å². The molecule has 0 aliphatic heterocycles. The molecule has 1 N–H and O–H groups in total. The van der Waals surface area contributed by atoms with Gasteiger partial charge in [0, 0.05) is 24.4 Å². The van der Waals surface area contributed by atoms with Crippen molar-refractivity contribution in [2.75, 3.05) is 13.2 Å². The molecule has 1 aliphatic rings. The fraction of sp³-hybridized carbons (Fsp3) is 0.500. The molecule has 1 aromatic heterocycles. The Morgan fingerprint density at radius 3 is 2.86 bits per heavy atom.